The standard InChI is InChI=1S/C23H31N3O3.ClH/c1-17(11-12-26-22(27)18-7-3-4-8-19(18)23(26)28)24-13-15-25(16-14-24)20-9-5-6-10-21(20)29-2;/h3-6,9-10,17-19H,7-8,11-16H2,1-2H3;1H. The molecule has 1 aromatic rings. The fourth-order valence-electron chi connectivity index (χ4n) is 4.88. The van der Waals surface area contributed by atoms with Gasteiger partial charge in [-0.15, -0.1) is 12.4 Å². The number of para-hydroxylation sites is 2. The fourth-order valence-corrected chi connectivity index (χ4v) is 4.88. The molecule has 2 heterocycles. The highest BCUT2D eigenvalue weighted by Gasteiger charge is 2.46. The average molecular weight is 434 g/mol. The van der Waals surface area contributed by atoms with Crippen LogP contribution < -0.4 is 9.64 Å². The summed E-state index contributed by atoms with van der Waals surface area (Å²) in [5, 5.41) is 0. The van der Waals surface area contributed by atoms with Crippen molar-refractivity contribution in [2.24, 2.45) is 11.8 Å². The number of allylic oxidation sites excluding steroid dienone is 2. The summed E-state index contributed by atoms with van der Waals surface area (Å²) in [4.78, 5) is 31.6. The summed E-state index contributed by atoms with van der Waals surface area (Å²) in [5.41, 5.74) is 1.15. The molecule has 2 amide bonds. The number of hydrogen-bond donors (Lipinski definition) is 0. The van der Waals surface area contributed by atoms with Crippen LogP contribution in [-0.2, 0) is 9.59 Å². The van der Waals surface area contributed by atoms with E-state index in [-0.39, 0.29) is 36.1 Å². The van der Waals surface area contributed by atoms with Gasteiger partial charge in [0.2, 0.25) is 11.8 Å². The fraction of sp³-hybridized carbons (Fsp3) is 0.565. The quantitative estimate of drug-likeness (QED) is 0.510. The molecule has 0 saturated carbocycles. The topological polar surface area (TPSA) is 53.1 Å². The summed E-state index contributed by atoms with van der Waals surface area (Å²) in [6.45, 7) is 6.58. The van der Waals surface area contributed by atoms with E-state index in [1.165, 1.54) is 4.90 Å². The lowest BCUT2D eigenvalue weighted by Crippen LogP contribution is -2.50. The van der Waals surface area contributed by atoms with E-state index in [1.807, 2.05) is 30.4 Å². The molecule has 1 aliphatic carbocycles. The zero-order chi connectivity index (χ0) is 20.4. The van der Waals surface area contributed by atoms with Gasteiger partial charge < -0.3 is 9.64 Å². The highest BCUT2D eigenvalue weighted by atomic mass is 35.5. The van der Waals surface area contributed by atoms with Crippen molar-refractivity contribution in [2.45, 2.75) is 32.2 Å². The summed E-state index contributed by atoms with van der Waals surface area (Å²) >= 11 is 0. The van der Waals surface area contributed by atoms with Gasteiger partial charge in [0, 0.05) is 38.8 Å². The highest BCUT2D eigenvalue weighted by Crippen LogP contribution is 2.35. The molecule has 3 atom stereocenters. The van der Waals surface area contributed by atoms with Gasteiger partial charge in [-0.25, -0.2) is 0 Å². The van der Waals surface area contributed by atoms with E-state index in [0.29, 0.717) is 25.4 Å². The van der Waals surface area contributed by atoms with Crippen LogP contribution in [0.5, 0.6) is 5.75 Å². The summed E-state index contributed by atoms with van der Waals surface area (Å²) in [7, 11) is 1.71. The van der Waals surface area contributed by atoms with E-state index in [2.05, 4.69) is 22.8 Å². The number of carbonyl (C=O) groups is 2. The SMILES string of the molecule is COc1ccccc1N1CCN(C(C)CCN2C(=O)C3CC=CCC3C2=O)CC1.Cl. The number of halogens is 1. The van der Waals surface area contributed by atoms with Gasteiger partial charge in [-0.1, -0.05) is 24.3 Å². The first-order valence-corrected chi connectivity index (χ1v) is 10.7. The van der Waals surface area contributed by atoms with Gasteiger partial charge in [-0.2, -0.15) is 0 Å². The van der Waals surface area contributed by atoms with Crippen LogP contribution in [-0.4, -0.2) is 67.5 Å². The maximum absolute atomic E-state index is 12.6. The number of rotatable bonds is 6. The second kappa shape index (κ2) is 9.84. The Bertz CT molecular complexity index is 766. The minimum Gasteiger partial charge on any atom is -0.495 e. The van der Waals surface area contributed by atoms with Gasteiger partial charge in [-0.05, 0) is 38.3 Å². The smallest absolute Gasteiger partial charge is 0.233 e. The molecule has 7 heteroatoms. The summed E-state index contributed by atoms with van der Waals surface area (Å²) < 4.78 is 5.50. The third kappa shape index (κ3) is 4.35. The number of ether oxygens (including phenoxy) is 1. The number of imide groups is 1. The van der Waals surface area contributed by atoms with E-state index in [4.69, 9.17) is 4.74 Å². The molecule has 0 bridgehead atoms. The number of carbonyl (C=O) groups excluding carboxylic acids is 2. The molecule has 3 aliphatic rings. The Morgan fingerprint density at radius 3 is 2.20 bits per heavy atom. The Morgan fingerprint density at radius 1 is 1.00 bits per heavy atom. The first-order valence-electron chi connectivity index (χ1n) is 10.7. The van der Waals surface area contributed by atoms with Crippen molar-refractivity contribution in [1.29, 1.82) is 0 Å². The van der Waals surface area contributed by atoms with Gasteiger partial charge >= 0.3 is 0 Å². The molecule has 0 aromatic heterocycles. The molecule has 30 heavy (non-hydrogen) atoms. The summed E-state index contributed by atoms with van der Waals surface area (Å²) in [6.07, 6.45) is 6.34. The van der Waals surface area contributed by atoms with Crippen molar-refractivity contribution in [3.8, 4) is 5.75 Å². The third-order valence-electron chi connectivity index (χ3n) is 6.73. The van der Waals surface area contributed by atoms with Crippen LogP contribution in [0.1, 0.15) is 26.2 Å². The van der Waals surface area contributed by atoms with E-state index in [9.17, 15) is 9.59 Å². The summed E-state index contributed by atoms with van der Waals surface area (Å²) in [6, 6.07) is 8.49. The second-order valence-corrected chi connectivity index (χ2v) is 8.32. The normalized spacial score (nSPS) is 25.1. The largest absolute Gasteiger partial charge is 0.495 e. The molecule has 164 valence electrons. The van der Waals surface area contributed by atoms with Crippen LogP contribution in [0.25, 0.3) is 0 Å². The average Bonchev–Trinajstić information content (AvgIpc) is 3.02. The number of anilines is 1. The number of amides is 2. The molecule has 2 saturated heterocycles. The molecule has 2 aliphatic heterocycles. The minimum atomic E-state index is -0.118. The van der Waals surface area contributed by atoms with Crippen molar-refractivity contribution in [2.75, 3.05) is 44.7 Å². The van der Waals surface area contributed by atoms with Crippen molar-refractivity contribution in [3.05, 3.63) is 36.4 Å². The van der Waals surface area contributed by atoms with Gasteiger partial charge in [-0.3, -0.25) is 19.4 Å². The van der Waals surface area contributed by atoms with Crippen LogP contribution in [0.4, 0.5) is 5.69 Å². The number of methoxy groups -OCH3 is 1. The molecule has 1 aromatic carbocycles. The Morgan fingerprint density at radius 2 is 1.60 bits per heavy atom. The van der Waals surface area contributed by atoms with Gasteiger partial charge in [0.05, 0.1) is 24.6 Å². The first-order chi connectivity index (χ1) is 14.1. The maximum Gasteiger partial charge on any atom is 0.233 e. The Kier molecular flexibility index (Phi) is 7.42. The number of hydrogen-bond acceptors (Lipinski definition) is 5. The molecule has 0 N–H and O–H groups in total. The molecule has 4 rings (SSSR count). The molecule has 0 radical (unpaired) electrons. The molecule has 6 nitrogen and oxygen atoms in total. The van der Waals surface area contributed by atoms with Crippen LogP contribution in [0.15, 0.2) is 36.4 Å². The van der Waals surface area contributed by atoms with Gasteiger partial charge in [0.15, 0.2) is 0 Å². The lowest BCUT2D eigenvalue weighted by molar-refractivity contribution is -0.140. The van der Waals surface area contributed by atoms with Crippen LogP contribution in [0.3, 0.4) is 0 Å². The molecular formula is C23H32ClN3O3. The number of nitrogens with zero attached hydrogens (tertiary/aromatic N) is 3. The number of piperazine rings is 1. The van der Waals surface area contributed by atoms with Crippen molar-refractivity contribution < 1.29 is 14.3 Å². The third-order valence-corrected chi connectivity index (χ3v) is 6.73. The van der Waals surface area contributed by atoms with Gasteiger partial charge in [0.1, 0.15) is 5.75 Å². The number of benzene rings is 1. The lowest BCUT2D eigenvalue weighted by atomic mass is 9.85. The minimum absolute atomic E-state index is 0. The van der Waals surface area contributed by atoms with Crippen molar-refractivity contribution in [1.82, 2.24) is 9.80 Å². The molecular weight excluding hydrogens is 402 g/mol. The zero-order valence-corrected chi connectivity index (χ0v) is 18.6. The number of likely N-dealkylation sites (tertiary alicyclic amines) is 1. The van der Waals surface area contributed by atoms with E-state index in [0.717, 1.165) is 44.0 Å². The second-order valence-electron chi connectivity index (χ2n) is 8.32. The predicted octanol–water partition coefficient (Wildman–Crippen LogP) is 2.97. The number of fused-ring (bicyclic) bond motifs is 1. The molecule has 2 fully saturated rings. The van der Waals surface area contributed by atoms with Crippen LogP contribution >= 0.6 is 12.4 Å². The summed E-state index contributed by atoms with van der Waals surface area (Å²) in [5.74, 6) is 0.755. The Hall–Kier alpha value is -2.05. The Labute approximate surface area is 185 Å². The lowest BCUT2D eigenvalue weighted by Gasteiger charge is -2.39. The van der Waals surface area contributed by atoms with Gasteiger partial charge in [0.25, 0.3) is 0 Å². The highest BCUT2D eigenvalue weighted by molar-refractivity contribution is 6.05. The van der Waals surface area contributed by atoms with Crippen molar-refractivity contribution in [3.63, 3.8) is 0 Å². The van der Waals surface area contributed by atoms with E-state index >= 15 is 0 Å². The maximum atomic E-state index is 12.6. The molecule has 3 unspecified atom stereocenters. The van der Waals surface area contributed by atoms with E-state index < -0.39 is 0 Å². The van der Waals surface area contributed by atoms with E-state index in [1.54, 1.807) is 7.11 Å². The zero-order valence-electron chi connectivity index (χ0n) is 17.8. The predicted molar refractivity (Wildman–Crippen MR) is 120 cm³/mol. The monoisotopic (exact) mass is 433 g/mol. The molecule has 0 spiro atoms. The Balaban J connectivity index is 0.00000256. The first kappa shape index (κ1) is 22.6. The van der Waals surface area contributed by atoms with Crippen molar-refractivity contribution >= 4 is 29.9 Å². The van der Waals surface area contributed by atoms with Crippen LogP contribution in [0.2, 0.25) is 0 Å². The van der Waals surface area contributed by atoms with Crippen LogP contribution in [0, 0.1) is 11.8 Å².